The van der Waals surface area contributed by atoms with Gasteiger partial charge in [-0.2, -0.15) is 0 Å². The molecule has 384 valence electrons. The van der Waals surface area contributed by atoms with Gasteiger partial charge in [-0.3, -0.25) is 14.3 Å². The molecule has 0 amide bonds. The zero-order valence-corrected chi connectivity index (χ0v) is 42.2. The second-order valence-corrected chi connectivity index (χ2v) is 19.3. The highest BCUT2D eigenvalue weighted by Crippen LogP contribution is 2.36. The zero-order valence-electron chi connectivity index (χ0n) is 42.2. The Kier molecular flexibility index (Phi) is 19.3. The quantitative estimate of drug-likeness (QED) is 0.148. The van der Waals surface area contributed by atoms with Crippen molar-refractivity contribution in [1.29, 1.82) is 0 Å². The molecule has 1 fully saturated rings. The van der Waals surface area contributed by atoms with Crippen LogP contribution in [0.3, 0.4) is 0 Å². The molecule has 1 aromatic heterocycles. The average molecular weight is 975 g/mol. The van der Waals surface area contributed by atoms with E-state index in [1.54, 1.807) is 50.5 Å². The van der Waals surface area contributed by atoms with Crippen molar-refractivity contribution in [3.05, 3.63) is 96.3 Å². The number of hydrogen-bond donors (Lipinski definition) is 4. The van der Waals surface area contributed by atoms with Gasteiger partial charge in [0, 0.05) is 37.0 Å². The van der Waals surface area contributed by atoms with Crippen LogP contribution < -0.4 is 0 Å². The Bertz CT molecular complexity index is 2250. The summed E-state index contributed by atoms with van der Waals surface area (Å²) < 4.78 is 44.0. The number of carbonyl (C=O) groups excluding carboxylic acids is 2. The number of carbonyl (C=O) groups is 2. The molecule has 17 heteroatoms. The van der Waals surface area contributed by atoms with Crippen molar-refractivity contribution in [3.8, 4) is 22.4 Å². The van der Waals surface area contributed by atoms with E-state index in [0.717, 1.165) is 16.7 Å². The molecule has 4 heterocycles. The van der Waals surface area contributed by atoms with E-state index in [1.165, 1.54) is 20.3 Å². The van der Waals surface area contributed by atoms with E-state index in [0.29, 0.717) is 37.1 Å². The number of ketones is 1. The van der Waals surface area contributed by atoms with E-state index in [2.05, 4.69) is 22.4 Å². The molecule has 0 radical (unpaired) electrons. The van der Waals surface area contributed by atoms with Gasteiger partial charge in [0.15, 0.2) is 18.2 Å². The van der Waals surface area contributed by atoms with Crippen LogP contribution in [-0.4, -0.2) is 154 Å². The van der Waals surface area contributed by atoms with Crippen LogP contribution >= 0.6 is 0 Å². The number of aryl methyl sites for hydroxylation is 1. The number of benzene rings is 2. The summed E-state index contributed by atoms with van der Waals surface area (Å²) in [5, 5.41) is 54.5. The first-order valence-electron chi connectivity index (χ1n) is 24.4. The zero-order chi connectivity index (χ0) is 50.8. The fourth-order valence-corrected chi connectivity index (χ4v) is 9.68. The number of hydrogen-bond acceptors (Lipinski definition) is 16. The van der Waals surface area contributed by atoms with E-state index in [-0.39, 0.29) is 24.1 Å². The summed E-state index contributed by atoms with van der Waals surface area (Å²) in [6, 6.07) is 17.5. The Labute approximate surface area is 412 Å². The predicted molar refractivity (Wildman–Crippen MR) is 260 cm³/mol. The fourth-order valence-electron chi connectivity index (χ4n) is 9.68. The number of likely N-dealkylation sites (N-methyl/N-ethyl adjacent to an activating group) is 1. The molecule has 17 nitrogen and oxygen atoms in total. The minimum atomic E-state index is -1.31. The third-order valence-electron chi connectivity index (χ3n) is 13.9. The molecule has 70 heavy (non-hydrogen) atoms. The molecule has 4 N–H and O–H groups in total. The topological polar surface area (TPSA) is 214 Å². The molecule has 3 aliphatic rings. The molecule has 3 aliphatic heterocycles. The lowest BCUT2D eigenvalue weighted by Gasteiger charge is -2.46. The lowest BCUT2D eigenvalue weighted by Crippen LogP contribution is -2.63. The highest BCUT2D eigenvalue weighted by atomic mass is 16.7. The number of ether oxygens (including phenoxy) is 7. The lowest BCUT2D eigenvalue weighted by molar-refractivity contribution is -0.304. The SMILES string of the molecule is CC[C@H]1OC(=O)C[C@@H](O)[C@H](C)[C@@H](O[C@@H]2O[C@H](C)[C@@H](O)C(N(C)C)C2O)[C@@H](CCn2cc(-c3ccc(-c4ccccc4)cc3)nn2)C[C@@H](C)C(=O)/C=C/C(C)=C/[C@@H]1COC1=C(OC)[C@@H](OC)[C@H](O)C(C)O1. The maximum atomic E-state index is 14.1. The number of aliphatic hydroxyl groups is 4. The predicted octanol–water partition coefficient (Wildman–Crippen LogP) is 5.46. The van der Waals surface area contributed by atoms with Crippen LogP contribution in [0.1, 0.15) is 67.2 Å². The molecule has 15 atom stereocenters. The molecular formula is C53H74N4O13. The Hall–Kier alpha value is -4.98. The van der Waals surface area contributed by atoms with Crippen molar-refractivity contribution in [2.75, 3.05) is 34.9 Å². The molecule has 3 aromatic rings. The number of rotatable bonds is 14. The van der Waals surface area contributed by atoms with Crippen molar-refractivity contribution in [2.24, 2.45) is 23.7 Å². The third kappa shape index (κ3) is 13.3. The van der Waals surface area contributed by atoms with Gasteiger partial charge in [0.05, 0.1) is 50.2 Å². The molecule has 6 rings (SSSR count). The van der Waals surface area contributed by atoms with E-state index >= 15 is 0 Å². The summed E-state index contributed by atoms with van der Waals surface area (Å²) in [5.41, 5.74) is 4.46. The van der Waals surface area contributed by atoms with Crippen LogP contribution in [-0.2, 0) is 49.3 Å². The number of methoxy groups -OCH3 is 2. The van der Waals surface area contributed by atoms with E-state index in [1.807, 2.05) is 75.5 Å². The van der Waals surface area contributed by atoms with Crippen LogP contribution in [0.25, 0.3) is 22.4 Å². The van der Waals surface area contributed by atoms with Gasteiger partial charge in [-0.15, -0.1) is 5.10 Å². The molecule has 0 saturated carbocycles. The van der Waals surface area contributed by atoms with Gasteiger partial charge < -0.3 is 58.5 Å². The first-order valence-corrected chi connectivity index (χ1v) is 24.4. The van der Waals surface area contributed by atoms with Crippen LogP contribution in [0.2, 0.25) is 0 Å². The summed E-state index contributed by atoms with van der Waals surface area (Å²) in [5.74, 6) is -2.95. The van der Waals surface area contributed by atoms with Crippen LogP contribution in [0.4, 0.5) is 0 Å². The number of aliphatic hydroxyl groups excluding tert-OH is 4. The first kappa shape index (κ1) is 54.4. The van der Waals surface area contributed by atoms with E-state index in [4.69, 9.17) is 33.2 Å². The fraction of sp³-hybridized carbons (Fsp3) is 0.585. The molecule has 2 aromatic carbocycles. The van der Waals surface area contributed by atoms with Gasteiger partial charge in [-0.1, -0.05) is 98.3 Å². The monoisotopic (exact) mass is 975 g/mol. The Morgan fingerprint density at radius 3 is 2.20 bits per heavy atom. The standard InChI is InChI=1S/C53H74N4O13/c1-11-43-39(29-66-53-51(65-10)50(64-9)47(62)34(6)68-53)25-30(2)17-22-41(58)31(3)26-38(23-24-57-28-40(54-55-57)37-20-18-36(19-21-37)35-15-13-12-14-16-35)49(32(4)42(59)27-44(60)69-43)70-52-48(63)45(56(7)8)46(61)33(5)67-52/h12-22,25,28,31-34,38-39,42-43,45-50,52,59,61-63H,11,23-24,26-27,29H2,1-10H3/b22-17+,30-25+/t31-,32+,33-,34?,38+,39-,42-,43-,45?,46-,47-,48?,49-,50+,52+/m1/s1. The average Bonchev–Trinajstić information content (AvgIpc) is 3.83. The summed E-state index contributed by atoms with van der Waals surface area (Å²) in [6.45, 7) is 11.0. The van der Waals surface area contributed by atoms with Gasteiger partial charge in [0.1, 0.15) is 36.7 Å². The first-order chi connectivity index (χ1) is 33.4. The van der Waals surface area contributed by atoms with Gasteiger partial charge >= 0.3 is 11.9 Å². The number of nitrogens with zero attached hydrogens (tertiary/aromatic N) is 4. The van der Waals surface area contributed by atoms with Gasteiger partial charge in [0.25, 0.3) is 0 Å². The Balaban J connectivity index is 1.31. The summed E-state index contributed by atoms with van der Waals surface area (Å²) in [4.78, 5) is 29.8. The highest BCUT2D eigenvalue weighted by Gasteiger charge is 2.47. The summed E-state index contributed by atoms with van der Waals surface area (Å²) in [7, 11) is 6.37. The number of aromatic nitrogens is 3. The minimum absolute atomic E-state index is 0.0295. The normalized spacial score (nSPS) is 34.0. The lowest BCUT2D eigenvalue weighted by atomic mass is 9.79. The molecular weight excluding hydrogens is 901 g/mol. The molecule has 0 aliphatic carbocycles. The second-order valence-electron chi connectivity index (χ2n) is 19.3. The van der Waals surface area contributed by atoms with Crippen molar-refractivity contribution in [2.45, 2.75) is 141 Å². The molecule has 0 bridgehead atoms. The van der Waals surface area contributed by atoms with Crippen LogP contribution in [0.15, 0.2) is 96.3 Å². The van der Waals surface area contributed by atoms with Gasteiger partial charge in [0.2, 0.25) is 5.76 Å². The van der Waals surface area contributed by atoms with Crippen LogP contribution in [0.5, 0.6) is 0 Å². The van der Waals surface area contributed by atoms with Crippen molar-refractivity contribution in [1.82, 2.24) is 19.9 Å². The maximum absolute atomic E-state index is 14.1. The highest BCUT2D eigenvalue weighted by molar-refractivity contribution is 5.91. The smallest absolute Gasteiger partial charge is 0.322 e. The molecule has 0 spiro atoms. The Morgan fingerprint density at radius 2 is 1.54 bits per heavy atom. The van der Waals surface area contributed by atoms with Gasteiger partial charge in [-0.25, -0.2) is 0 Å². The number of cyclic esters (lactones) is 1. The summed E-state index contributed by atoms with van der Waals surface area (Å²) >= 11 is 0. The number of allylic oxidation sites excluding steroid dienone is 3. The molecule has 1 saturated heterocycles. The van der Waals surface area contributed by atoms with Crippen molar-refractivity contribution in [3.63, 3.8) is 0 Å². The van der Waals surface area contributed by atoms with E-state index in [9.17, 15) is 30.0 Å². The third-order valence-corrected chi connectivity index (χ3v) is 13.9. The van der Waals surface area contributed by atoms with Crippen molar-refractivity contribution >= 4 is 11.8 Å². The van der Waals surface area contributed by atoms with Crippen molar-refractivity contribution < 1.29 is 63.2 Å². The second kappa shape index (κ2) is 24.9. The van der Waals surface area contributed by atoms with Crippen LogP contribution in [0, 0.1) is 23.7 Å². The summed E-state index contributed by atoms with van der Waals surface area (Å²) in [6.07, 6.45) is -2.12. The number of esters is 1. The van der Waals surface area contributed by atoms with Gasteiger partial charge in [-0.05, 0) is 77.2 Å². The minimum Gasteiger partial charge on any atom is -0.492 e. The van der Waals surface area contributed by atoms with E-state index < -0.39 is 103 Å². The largest absolute Gasteiger partial charge is 0.492 e. The molecule has 3 unspecified atom stereocenters. The maximum Gasteiger partial charge on any atom is 0.322 e. The Morgan fingerprint density at radius 1 is 0.857 bits per heavy atom.